The highest BCUT2D eigenvalue weighted by molar-refractivity contribution is 7.99. The first kappa shape index (κ1) is 19.8. The van der Waals surface area contributed by atoms with E-state index in [1.807, 2.05) is 0 Å². The lowest BCUT2D eigenvalue weighted by Crippen LogP contribution is -2.49. The Kier molecular flexibility index (Phi) is 6.94. The quantitative estimate of drug-likeness (QED) is 0.394. The van der Waals surface area contributed by atoms with E-state index < -0.39 is 26.8 Å². The van der Waals surface area contributed by atoms with Crippen LogP contribution in [0.4, 0.5) is 0 Å². The summed E-state index contributed by atoms with van der Waals surface area (Å²) in [4.78, 5) is 23.1. The van der Waals surface area contributed by atoms with Crippen LogP contribution in [0.15, 0.2) is 39.8 Å². The van der Waals surface area contributed by atoms with Crippen molar-refractivity contribution in [3.8, 4) is 0 Å². The average Bonchev–Trinajstić information content (AvgIpc) is 2.62. The molecule has 10 heteroatoms. The molecule has 0 aromatic heterocycles. The smallest absolute Gasteiger partial charge is 0.323 e. The molecule has 8 nitrogen and oxygen atoms in total. The fourth-order valence-corrected chi connectivity index (χ4v) is 4.83. The maximum Gasteiger partial charge on any atom is 0.323 e. The second kappa shape index (κ2) is 8.75. The Labute approximate surface area is 151 Å². The monoisotopic (exact) mass is 387 g/mol. The van der Waals surface area contributed by atoms with Gasteiger partial charge in [0.2, 0.25) is 10.0 Å². The van der Waals surface area contributed by atoms with Crippen molar-refractivity contribution in [2.75, 3.05) is 20.2 Å². The maximum absolute atomic E-state index is 12.5. The Morgan fingerprint density at radius 3 is 2.56 bits per heavy atom. The van der Waals surface area contributed by atoms with E-state index in [1.54, 1.807) is 18.2 Å². The fraction of sp³-hybridized carbons (Fsp3) is 0.533. The standard InChI is InChI=1S/C15H21N3O5S2/c1-23-14(19)13(11-15(24-18-20)7-9-16-10-8-15)17-25(21,22)12-5-3-2-4-6-12/h2-6,13,16-17H,7-11H2,1H3. The topological polar surface area (TPSA) is 114 Å². The average molecular weight is 387 g/mol. The van der Waals surface area contributed by atoms with Crippen LogP contribution in [-0.2, 0) is 19.6 Å². The highest BCUT2D eigenvalue weighted by Gasteiger charge is 2.40. The zero-order chi connectivity index (χ0) is 18.3. The molecule has 1 heterocycles. The number of esters is 1. The minimum Gasteiger partial charge on any atom is -0.468 e. The van der Waals surface area contributed by atoms with Crippen LogP contribution in [-0.4, -0.2) is 45.4 Å². The van der Waals surface area contributed by atoms with E-state index in [0.717, 1.165) is 11.9 Å². The summed E-state index contributed by atoms with van der Waals surface area (Å²) in [5, 5.41) is 3.18. The van der Waals surface area contributed by atoms with Crippen molar-refractivity contribution < 1.29 is 17.9 Å². The van der Waals surface area contributed by atoms with Gasteiger partial charge in [-0.2, -0.15) is 4.72 Å². The summed E-state index contributed by atoms with van der Waals surface area (Å²) in [5.41, 5.74) is 0. The normalized spacial score (nSPS) is 18.3. The van der Waals surface area contributed by atoms with Gasteiger partial charge in [0.05, 0.1) is 12.0 Å². The molecule has 138 valence electrons. The molecule has 1 atom stereocenters. The molecule has 1 saturated heterocycles. The third kappa shape index (κ3) is 5.24. The molecule has 2 rings (SSSR count). The number of rotatable bonds is 8. The lowest BCUT2D eigenvalue weighted by atomic mass is 9.90. The third-order valence-corrected chi connectivity index (χ3v) is 6.68. The summed E-state index contributed by atoms with van der Waals surface area (Å²) in [7, 11) is -2.69. The molecule has 0 spiro atoms. The maximum atomic E-state index is 12.5. The van der Waals surface area contributed by atoms with Crippen LogP contribution in [0.25, 0.3) is 0 Å². The number of carbonyl (C=O) groups is 1. The Hall–Kier alpha value is -1.49. The molecule has 1 aliphatic rings. The van der Waals surface area contributed by atoms with Crippen molar-refractivity contribution in [2.24, 2.45) is 4.58 Å². The molecule has 0 saturated carbocycles. The van der Waals surface area contributed by atoms with Crippen molar-refractivity contribution in [3.63, 3.8) is 0 Å². The number of hydrogen-bond acceptors (Lipinski definition) is 8. The Morgan fingerprint density at radius 2 is 2.00 bits per heavy atom. The van der Waals surface area contributed by atoms with Gasteiger partial charge in [0.25, 0.3) is 0 Å². The van der Waals surface area contributed by atoms with Crippen molar-refractivity contribution in [1.82, 2.24) is 10.0 Å². The number of methoxy groups -OCH3 is 1. The lowest BCUT2D eigenvalue weighted by molar-refractivity contribution is -0.143. The molecule has 1 aromatic carbocycles. The number of piperidine rings is 1. The van der Waals surface area contributed by atoms with E-state index in [9.17, 15) is 18.1 Å². The molecule has 1 unspecified atom stereocenters. The molecule has 0 radical (unpaired) electrons. The van der Waals surface area contributed by atoms with Gasteiger partial charge in [-0.05, 0) is 44.5 Å². The van der Waals surface area contributed by atoms with E-state index in [4.69, 9.17) is 4.74 Å². The largest absolute Gasteiger partial charge is 0.468 e. The minimum absolute atomic E-state index is 0.0597. The van der Waals surface area contributed by atoms with Gasteiger partial charge in [0, 0.05) is 21.3 Å². The molecular formula is C15H21N3O5S2. The van der Waals surface area contributed by atoms with E-state index in [-0.39, 0.29) is 11.3 Å². The number of nitrogens with one attached hydrogen (secondary N) is 2. The van der Waals surface area contributed by atoms with E-state index in [2.05, 4.69) is 14.6 Å². The highest BCUT2D eigenvalue weighted by Crippen LogP contribution is 2.39. The molecule has 0 amide bonds. The molecule has 25 heavy (non-hydrogen) atoms. The fourth-order valence-electron chi connectivity index (χ4n) is 2.84. The van der Waals surface area contributed by atoms with Crippen LogP contribution in [0.5, 0.6) is 0 Å². The summed E-state index contributed by atoms with van der Waals surface area (Å²) in [6.07, 6.45) is 1.33. The number of sulfonamides is 1. The minimum atomic E-state index is -3.89. The van der Waals surface area contributed by atoms with Crippen LogP contribution >= 0.6 is 11.9 Å². The van der Waals surface area contributed by atoms with Crippen molar-refractivity contribution in [1.29, 1.82) is 0 Å². The first-order valence-corrected chi connectivity index (χ1v) is 10.0. The zero-order valence-corrected chi connectivity index (χ0v) is 15.4. The molecule has 1 fully saturated rings. The second-order valence-electron chi connectivity index (χ2n) is 5.81. The van der Waals surface area contributed by atoms with Gasteiger partial charge in [-0.3, -0.25) is 4.79 Å². The molecule has 2 N–H and O–H groups in total. The van der Waals surface area contributed by atoms with Crippen LogP contribution in [0.2, 0.25) is 0 Å². The number of nitrogens with zero attached hydrogens (tertiary/aromatic N) is 1. The second-order valence-corrected chi connectivity index (χ2v) is 8.72. The van der Waals surface area contributed by atoms with E-state index in [1.165, 1.54) is 19.2 Å². The first-order valence-electron chi connectivity index (χ1n) is 7.79. The highest BCUT2D eigenvalue weighted by atomic mass is 32.2. The Bertz CT molecular complexity index is 690. The first-order chi connectivity index (χ1) is 11.9. The van der Waals surface area contributed by atoms with E-state index >= 15 is 0 Å². The van der Waals surface area contributed by atoms with E-state index in [0.29, 0.717) is 25.9 Å². The van der Waals surface area contributed by atoms with Crippen molar-refractivity contribution in [3.05, 3.63) is 35.2 Å². The van der Waals surface area contributed by atoms with Gasteiger partial charge in [-0.25, -0.2) is 8.42 Å². The van der Waals surface area contributed by atoms with Crippen molar-refractivity contribution >= 4 is 27.9 Å². The summed E-state index contributed by atoms with van der Waals surface area (Å²) >= 11 is 0.865. The summed E-state index contributed by atoms with van der Waals surface area (Å²) < 4.78 is 34.6. The van der Waals surface area contributed by atoms with Crippen LogP contribution in [0.1, 0.15) is 19.3 Å². The van der Waals surface area contributed by atoms with Gasteiger partial charge in [0.15, 0.2) is 0 Å². The zero-order valence-electron chi connectivity index (χ0n) is 13.8. The predicted octanol–water partition coefficient (Wildman–Crippen LogP) is 1.43. The number of carbonyl (C=O) groups excluding carboxylic acids is 1. The number of hydrogen-bond donors (Lipinski definition) is 2. The summed E-state index contributed by atoms with van der Waals surface area (Å²) in [5.74, 6) is -0.691. The predicted molar refractivity (Wildman–Crippen MR) is 95.4 cm³/mol. The Morgan fingerprint density at radius 1 is 1.36 bits per heavy atom. The van der Waals surface area contributed by atoms with Crippen molar-refractivity contribution in [2.45, 2.75) is 34.9 Å². The molecule has 1 aromatic rings. The van der Waals surface area contributed by atoms with Gasteiger partial charge in [-0.1, -0.05) is 18.2 Å². The van der Waals surface area contributed by atoms with Gasteiger partial charge >= 0.3 is 5.97 Å². The Balaban J connectivity index is 2.24. The summed E-state index contributed by atoms with van der Waals surface area (Å²) in [6, 6.07) is 6.69. The SMILES string of the molecule is COC(=O)C(CC1(SN=O)CCNCC1)NS(=O)(=O)c1ccccc1. The molecule has 0 aliphatic carbocycles. The molecule has 1 aliphatic heterocycles. The van der Waals surface area contributed by atoms with Gasteiger partial charge < -0.3 is 10.1 Å². The van der Waals surface area contributed by atoms with Gasteiger partial charge in [-0.15, -0.1) is 4.91 Å². The lowest BCUT2D eigenvalue weighted by Gasteiger charge is -2.36. The number of nitroso groups, excluding NO2 is 1. The number of ether oxygens (including phenoxy) is 1. The molecule has 0 bridgehead atoms. The van der Waals surface area contributed by atoms with Crippen LogP contribution in [0, 0.1) is 4.91 Å². The van der Waals surface area contributed by atoms with Crippen LogP contribution < -0.4 is 10.0 Å². The van der Waals surface area contributed by atoms with Gasteiger partial charge in [0.1, 0.15) is 6.04 Å². The molecular weight excluding hydrogens is 366 g/mol. The van der Waals surface area contributed by atoms with Crippen LogP contribution in [0.3, 0.4) is 0 Å². The third-order valence-electron chi connectivity index (χ3n) is 4.16. The summed E-state index contributed by atoms with van der Waals surface area (Å²) in [6.45, 7) is 1.34. The number of benzene rings is 1.